The van der Waals surface area contributed by atoms with E-state index in [0.29, 0.717) is 28.8 Å². The van der Waals surface area contributed by atoms with Crippen LogP contribution in [-0.2, 0) is 22.6 Å². The average Bonchev–Trinajstić information content (AvgIpc) is 2.88. The summed E-state index contributed by atoms with van der Waals surface area (Å²) in [6.07, 6.45) is 1.18. The van der Waals surface area contributed by atoms with Crippen LogP contribution in [0.2, 0.25) is 10.0 Å². The summed E-state index contributed by atoms with van der Waals surface area (Å²) in [6, 6.07) is 19.9. The van der Waals surface area contributed by atoms with E-state index in [4.69, 9.17) is 27.9 Å². The molecule has 0 bridgehead atoms. The van der Waals surface area contributed by atoms with Crippen molar-refractivity contribution in [3.63, 3.8) is 0 Å². The molecule has 0 radical (unpaired) electrons. The molecule has 3 aromatic carbocycles. The lowest BCUT2D eigenvalue weighted by Gasteiger charge is -2.31. The molecular weight excluding hydrogens is 495 g/mol. The summed E-state index contributed by atoms with van der Waals surface area (Å²) in [5.74, 6) is 0.0771. The molecule has 7 heteroatoms. The average molecular weight is 527 g/mol. The van der Waals surface area contributed by atoms with Crippen LogP contribution in [0.4, 0.5) is 0 Å². The maximum absolute atomic E-state index is 13.6. The van der Waals surface area contributed by atoms with Crippen LogP contribution in [0.25, 0.3) is 0 Å². The third-order valence-electron chi connectivity index (χ3n) is 5.86. The maximum atomic E-state index is 13.6. The Kier molecular flexibility index (Phi) is 10.2. The van der Waals surface area contributed by atoms with E-state index in [9.17, 15) is 9.59 Å². The number of rotatable bonds is 11. The molecule has 3 rings (SSSR count). The zero-order valence-corrected chi connectivity index (χ0v) is 22.4. The van der Waals surface area contributed by atoms with Crippen molar-refractivity contribution in [3.8, 4) is 5.75 Å². The van der Waals surface area contributed by atoms with E-state index in [1.165, 1.54) is 0 Å². The summed E-state index contributed by atoms with van der Waals surface area (Å²) in [6.45, 7) is 6.35. The number of aryl methyl sites for hydroxylation is 2. The van der Waals surface area contributed by atoms with Crippen molar-refractivity contribution in [2.75, 3.05) is 13.2 Å². The van der Waals surface area contributed by atoms with Gasteiger partial charge < -0.3 is 15.0 Å². The lowest BCUT2D eigenvalue weighted by molar-refractivity contribution is -0.142. The van der Waals surface area contributed by atoms with E-state index < -0.39 is 6.04 Å². The Balaban J connectivity index is 1.90. The van der Waals surface area contributed by atoms with Gasteiger partial charge in [-0.25, -0.2) is 0 Å². The zero-order valence-electron chi connectivity index (χ0n) is 20.9. The molecule has 0 aromatic heterocycles. The van der Waals surface area contributed by atoms with Gasteiger partial charge in [-0.1, -0.05) is 72.6 Å². The van der Waals surface area contributed by atoms with Crippen LogP contribution >= 0.6 is 23.2 Å². The lowest BCUT2D eigenvalue weighted by atomic mass is 10.0. The van der Waals surface area contributed by atoms with Crippen molar-refractivity contribution in [1.29, 1.82) is 0 Å². The Hall–Kier alpha value is -3.02. The van der Waals surface area contributed by atoms with Gasteiger partial charge in [0.25, 0.3) is 5.91 Å². The number of nitrogens with one attached hydrogen (secondary N) is 1. The molecule has 2 amide bonds. The van der Waals surface area contributed by atoms with Crippen LogP contribution in [0.3, 0.4) is 0 Å². The number of ether oxygens (including phenoxy) is 1. The highest BCUT2D eigenvalue weighted by Gasteiger charge is 2.30. The molecule has 0 aliphatic rings. The van der Waals surface area contributed by atoms with E-state index in [1.54, 1.807) is 17.0 Å². The number of hydrogen-bond donors (Lipinski definition) is 1. The fourth-order valence-electron chi connectivity index (χ4n) is 3.92. The first-order valence-corrected chi connectivity index (χ1v) is 12.8. The largest absolute Gasteiger partial charge is 0.484 e. The minimum atomic E-state index is -0.709. The number of nitrogens with zero attached hydrogens (tertiary/aromatic N) is 1. The van der Waals surface area contributed by atoms with Crippen LogP contribution in [0.15, 0.2) is 66.7 Å². The standard InChI is InChI=1S/C29H32Cl2N2O3/c1-4-14-32-29(35)26(17-22-8-6-5-7-9-22)33(18-23-10-12-24(30)13-11-23)27(34)19-36-25-15-20(2)28(31)21(3)16-25/h5-13,15-16,26H,4,14,17-19H2,1-3H3,(H,32,35)/t26-/m0/s1. The minimum absolute atomic E-state index is 0.193. The van der Waals surface area contributed by atoms with Crippen molar-refractivity contribution in [2.24, 2.45) is 0 Å². The molecule has 0 aliphatic heterocycles. The first-order chi connectivity index (χ1) is 17.3. The van der Waals surface area contributed by atoms with Gasteiger partial charge in [-0.15, -0.1) is 0 Å². The van der Waals surface area contributed by atoms with Crippen LogP contribution in [0.1, 0.15) is 35.6 Å². The van der Waals surface area contributed by atoms with Crippen LogP contribution in [-0.4, -0.2) is 35.9 Å². The number of carbonyl (C=O) groups excluding carboxylic acids is 2. The second-order valence-electron chi connectivity index (χ2n) is 8.80. The third-order valence-corrected chi connectivity index (χ3v) is 6.71. The lowest BCUT2D eigenvalue weighted by Crippen LogP contribution is -2.51. The monoisotopic (exact) mass is 526 g/mol. The van der Waals surface area contributed by atoms with E-state index in [2.05, 4.69) is 5.32 Å². The van der Waals surface area contributed by atoms with Crippen molar-refractivity contribution < 1.29 is 14.3 Å². The molecular formula is C29H32Cl2N2O3. The van der Waals surface area contributed by atoms with Crippen LogP contribution in [0, 0.1) is 13.8 Å². The Morgan fingerprint density at radius 1 is 0.944 bits per heavy atom. The Labute approximate surface area is 223 Å². The van der Waals surface area contributed by atoms with Crippen molar-refractivity contribution >= 4 is 35.0 Å². The predicted molar refractivity (Wildman–Crippen MR) is 146 cm³/mol. The van der Waals surface area contributed by atoms with Crippen LogP contribution in [0.5, 0.6) is 5.75 Å². The van der Waals surface area contributed by atoms with Gasteiger partial charge in [-0.05, 0) is 66.8 Å². The third kappa shape index (κ3) is 7.74. The van der Waals surface area contributed by atoms with Gasteiger partial charge in [-0.3, -0.25) is 9.59 Å². The quantitative estimate of drug-likeness (QED) is 0.325. The highest BCUT2D eigenvalue weighted by Crippen LogP contribution is 2.26. The molecule has 1 N–H and O–H groups in total. The molecule has 0 heterocycles. The number of benzene rings is 3. The highest BCUT2D eigenvalue weighted by atomic mass is 35.5. The first kappa shape index (κ1) is 27.6. The molecule has 5 nitrogen and oxygen atoms in total. The number of carbonyl (C=O) groups is 2. The fraction of sp³-hybridized carbons (Fsp3) is 0.310. The summed E-state index contributed by atoms with van der Waals surface area (Å²) in [5, 5.41) is 4.25. The molecule has 0 aliphatic carbocycles. The SMILES string of the molecule is CCCNC(=O)[C@H](Cc1ccccc1)N(Cc1ccc(Cl)cc1)C(=O)COc1cc(C)c(Cl)c(C)c1. The summed E-state index contributed by atoms with van der Waals surface area (Å²) in [7, 11) is 0. The van der Waals surface area contributed by atoms with Gasteiger partial charge in [0.2, 0.25) is 5.91 Å². The first-order valence-electron chi connectivity index (χ1n) is 12.0. The fourth-order valence-corrected chi connectivity index (χ4v) is 4.16. The summed E-state index contributed by atoms with van der Waals surface area (Å²) < 4.78 is 5.88. The number of hydrogen-bond acceptors (Lipinski definition) is 3. The highest BCUT2D eigenvalue weighted by molar-refractivity contribution is 6.32. The molecule has 0 unspecified atom stereocenters. The van der Waals surface area contributed by atoms with Crippen molar-refractivity contribution in [3.05, 3.63) is 99.0 Å². The Morgan fingerprint density at radius 2 is 1.58 bits per heavy atom. The molecule has 0 spiro atoms. The molecule has 1 atom stereocenters. The molecule has 190 valence electrons. The van der Waals surface area contributed by atoms with E-state index in [-0.39, 0.29) is 25.0 Å². The van der Waals surface area contributed by atoms with Gasteiger partial charge in [0.15, 0.2) is 6.61 Å². The van der Waals surface area contributed by atoms with E-state index in [1.807, 2.05) is 75.4 Å². The van der Waals surface area contributed by atoms with E-state index >= 15 is 0 Å². The van der Waals surface area contributed by atoms with Crippen LogP contribution < -0.4 is 10.1 Å². The zero-order chi connectivity index (χ0) is 26.1. The van der Waals surface area contributed by atoms with Gasteiger partial charge in [0.1, 0.15) is 11.8 Å². The maximum Gasteiger partial charge on any atom is 0.261 e. The van der Waals surface area contributed by atoms with Gasteiger partial charge in [0.05, 0.1) is 0 Å². The van der Waals surface area contributed by atoms with Gasteiger partial charge in [0, 0.05) is 29.6 Å². The van der Waals surface area contributed by atoms with Gasteiger partial charge >= 0.3 is 0 Å². The summed E-state index contributed by atoms with van der Waals surface area (Å²) in [5.41, 5.74) is 3.58. The summed E-state index contributed by atoms with van der Waals surface area (Å²) in [4.78, 5) is 28.5. The Morgan fingerprint density at radius 3 is 2.19 bits per heavy atom. The Bertz CT molecular complexity index is 1140. The van der Waals surface area contributed by atoms with Gasteiger partial charge in [-0.2, -0.15) is 0 Å². The summed E-state index contributed by atoms with van der Waals surface area (Å²) >= 11 is 12.3. The smallest absolute Gasteiger partial charge is 0.261 e. The predicted octanol–water partition coefficient (Wildman–Crippen LogP) is 6.16. The normalized spacial score (nSPS) is 11.6. The van der Waals surface area contributed by atoms with Crippen molar-refractivity contribution in [2.45, 2.75) is 46.2 Å². The molecule has 36 heavy (non-hydrogen) atoms. The molecule has 0 saturated carbocycles. The topological polar surface area (TPSA) is 58.6 Å². The number of amides is 2. The second-order valence-corrected chi connectivity index (χ2v) is 9.62. The van der Waals surface area contributed by atoms with E-state index in [0.717, 1.165) is 28.7 Å². The second kappa shape index (κ2) is 13.3. The molecule has 3 aromatic rings. The molecule has 0 fully saturated rings. The minimum Gasteiger partial charge on any atom is -0.484 e. The number of halogens is 2. The molecule has 0 saturated heterocycles. The van der Waals surface area contributed by atoms with Crippen molar-refractivity contribution in [1.82, 2.24) is 10.2 Å².